The molecule has 0 aliphatic rings. The zero-order valence-corrected chi connectivity index (χ0v) is 12.1. The molecular formula is C14H23NOSi. The Kier molecular flexibility index (Phi) is 5.42. The maximum atomic E-state index is 12.0. The zero-order valence-electron chi connectivity index (χ0n) is 11.1. The van der Waals surface area contributed by atoms with Crippen LogP contribution in [-0.4, -0.2) is 20.1 Å². The Balaban J connectivity index is 2.59. The van der Waals surface area contributed by atoms with Crippen LogP contribution < -0.4 is 5.32 Å². The average Bonchev–Trinajstić information content (AvgIpc) is 2.41. The quantitative estimate of drug-likeness (QED) is 0.769. The van der Waals surface area contributed by atoms with Gasteiger partial charge in [0.2, 0.25) is 0 Å². The highest BCUT2D eigenvalue weighted by Gasteiger charge is 2.27. The first-order chi connectivity index (χ1) is 8.17. The van der Waals surface area contributed by atoms with Crippen LogP contribution in [0.5, 0.6) is 0 Å². The van der Waals surface area contributed by atoms with E-state index in [2.05, 4.69) is 26.1 Å². The van der Waals surface area contributed by atoms with Crippen LogP contribution >= 0.6 is 0 Å². The minimum atomic E-state index is -1.25. The number of amides is 1. The maximum Gasteiger partial charge on any atom is 0.251 e. The van der Waals surface area contributed by atoms with Gasteiger partial charge in [-0.3, -0.25) is 4.79 Å². The minimum Gasteiger partial charge on any atom is -0.355 e. The number of benzene rings is 1. The average molecular weight is 249 g/mol. The van der Waals surface area contributed by atoms with Gasteiger partial charge in [-0.05, 0) is 12.1 Å². The van der Waals surface area contributed by atoms with Crippen LogP contribution in [0.25, 0.3) is 0 Å². The SMILES string of the molecule is CC[Si](CC)(CC)CNC(=O)c1ccccc1. The lowest BCUT2D eigenvalue weighted by Crippen LogP contribution is -2.45. The number of hydrogen-bond donors (Lipinski definition) is 1. The van der Waals surface area contributed by atoms with E-state index in [0.717, 1.165) is 11.7 Å². The van der Waals surface area contributed by atoms with Gasteiger partial charge in [0.25, 0.3) is 5.91 Å². The largest absolute Gasteiger partial charge is 0.355 e. The monoisotopic (exact) mass is 249 g/mol. The number of carbonyl (C=O) groups is 1. The summed E-state index contributed by atoms with van der Waals surface area (Å²) in [5.41, 5.74) is 0.763. The van der Waals surface area contributed by atoms with E-state index in [4.69, 9.17) is 0 Å². The first-order valence-electron chi connectivity index (χ1n) is 6.50. The maximum absolute atomic E-state index is 12.0. The number of carbonyl (C=O) groups excluding carboxylic acids is 1. The lowest BCUT2D eigenvalue weighted by atomic mass is 10.2. The third-order valence-corrected chi connectivity index (χ3v) is 9.34. The second-order valence-electron chi connectivity index (χ2n) is 4.61. The molecule has 17 heavy (non-hydrogen) atoms. The minimum absolute atomic E-state index is 0.0674. The molecule has 0 unspecified atom stereocenters. The molecular weight excluding hydrogens is 226 g/mol. The Labute approximate surface area is 105 Å². The van der Waals surface area contributed by atoms with Crippen molar-refractivity contribution in [2.45, 2.75) is 38.9 Å². The third-order valence-electron chi connectivity index (χ3n) is 3.91. The molecule has 1 amide bonds. The normalized spacial score (nSPS) is 11.2. The number of nitrogens with one attached hydrogen (secondary N) is 1. The van der Waals surface area contributed by atoms with E-state index in [9.17, 15) is 4.79 Å². The van der Waals surface area contributed by atoms with E-state index in [1.165, 1.54) is 18.1 Å². The lowest BCUT2D eigenvalue weighted by Gasteiger charge is -2.28. The van der Waals surface area contributed by atoms with E-state index >= 15 is 0 Å². The summed E-state index contributed by atoms with van der Waals surface area (Å²) in [6.45, 7) is 6.77. The van der Waals surface area contributed by atoms with Gasteiger partial charge in [0.1, 0.15) is 0 Å². The van der Waals surface area contributed by atoms with Gasteiger partial charge in [0, 0.05) is 11.7 Å². The number of hydrogen-bond acceptors (Lipinski definition) is 1. The van der Waals surface area contributed by atoms with Crippen LogP contribution in [0.4, 0.5) is 0 Å². The van der Waals surface area contributed by atoms with Gasteiger partial charge < -0.3 is 5.32 Å². The standard InChI is InChI=1S/C14H23NOSi/c1-4-17(5-2,6-3)12-15-14(16)13-10-8-7-9-11-13/h7-11H,4-6,12H2,1-3H3,(H,15,16). The molecule has 0 bridgehead atoms. The van der Waals surface area contributed by atoms with Crippen LogP contribution in [0.15, 0.2) is 30.3 Å². The Morgan fingerprint density at radius 2 is 1.59 bits per heavy atom. The smallest absolute Gasteiger partial charge is 0.251 e. The van der Waals surface area contributed by atoms with Gasteiger partial charge in [-0.1, -0.05) is 57.1 Å². The molecule has 0 aliphatic heterocycles. The van der Waals surface area contributed by atoms with Crippen LogP contribution in [0.3, 0.4) is 0 Å². The molecule has 0 saturated carbocycles. The summed E-state index contributed by atoms with van der Waals surface area (Å²) in [6, 6.07) is 13.2. The predicted octanol–water partition coefficient (Wildman–Crippen LogP) is 3.46. The highest BCUT2D eigenvalue weighted by atomic mass is 28.3. The first kappa shape index (κ1) is 14.0. The van der Waals surface area contributed by atoms with E-state index in [1.807, 2.05) is 30.3 Å². The van der Waals surface area contributed by atoms with Crippen LogP contribution in [0.2, 0.25) is 18.1 Å². The Morgan fingerprint density at radius 1 is 1.06 bits per heavy atom. The molecule has 0 heterocycles. The van der Waals surface area contributed by atoms with Gasteiger partial charge >= 0.3 is 0 Å². The summed E-state index contributed by atoms with van der Waals surface area (Å²) in [5.74, 6) is 0.0674. The molecule has 0 spiro atoms. The molecule has 2 nitrogen and oxygen atoms in total. The summed E-state index contributed by atoms with van der Waals surface area (Å²) in [6.07, 6.45) is 0.907. The van der Waals surface area contributed by atoms with Crippen molar-refractivity contribution >= 4 is 14.0 Å². The van der Waals surface area contributed by atoms with Crippen molar-refractivity contribution in [3.8, 4) is 0 Å². The van der Waals surface area contributed by atoms with Gasteiger partial charge in [0.15, 0.2) is 0 Å². The molecule has 0 aliphatic carbocycles. The fourth-order valence-corrected chi connectivity index (χ4v) is 4.87. The van der Waals surface area contributed by atoms with Crippen molar-refractivity contribution < 1.29 is 4.79 Å². The van der Waals surface area contributed by atoms with Crippen LogP contribution in [0.1, 0.15) is 31.1 Å². The molecule has 1 aromatic rings. The van der Waals surface area contributed by atoms with Gasteiger partial charge in [-0.25, -0.2) is 0 Å². The highest BCUT2D eigenvalue weighted by molar-refractivity contribution is 6.80. The van der Waals surface area contributed by atoms with Crippen molar-refractivity contribution in [1.29, 1.82) is 0 Å². The predicted molar refractivity (Wildman–Crippen MR) is 76.0 cm³/mol. The van der Waals surface area contributed by atoms with Crippen molar-refractivity contribution in [2.24, 2.45) is 0 Å². The fraction of sp³-hybridized carbons (Fsp3) is 0.500. The van der Waals surface area contributed by atoms with Crippen molar-refractivity contribution in [3.63, 3.8) is 0 Å². The second-order valence-corrected chi connectivity index (χ2v) is 10.1. The number of rotatable bonds is 6. The van der Waals surface area contributed by atoms with Gasteiger partial charge in [-0.15, -0.1) is 0 Å². The second kappa shape index (κ2) is 6.60. The van der Waals surface area contributed by atoms with E-state index in [1.54, 1.807) is 0 Å². The van der Waals surface area contributed by atoms with Gasteiger partial charge in [-0.2, -0.15) is 0 Å². The first-order valence-corrected chi connectivity index (χ1v) is 9.33. The lowest BCUT2D eigenvalue weighted by molar-refractivity contribution is 0.0959. The van der Waals surface area contributed by atoms with Crippen molar-refractivity contribution in [1.82, 2.24) is 5.32 Å². The molecule has 0 atom stereocenters. The summed E-state index contributed by atoms with van der Waals surface area (Å²) in [7, 11) is -1.25. The van der Waals surface area contributed by atoms with Gasteiger partial charge in [0.05, 0.1) is 8.07 Å². The van der Waals surface area contributed by atoms with Crippen LogP contribution in [-0.2, 0) is 0 Å². The summed E-state index contributed by atoms with van der Waals surface area (Å²) >= 11 is 0. The Hall–Kier alpha value is -1.09. The Bertz CT molecular complexity index is 338. The van der Waals surface area contributed by atoms with E-state index in [-0.39, 0.29) is 5.91 Å². The van der Waals surface area contributed by atoms with Crippen molar-refractivity contribution in [2.75, 3.05) is 6.17 Å². The molecule has 1 aromatic carbocycles. The highest BCUT2D eigenvalue weighted by Crippen LogP contribution is 2.19. The fourth-order valence-electron chi connectivity index (χ4n) is 2.08. The van der Waals surface area contributed by atoms with E-state index in [0.29, 0.717) is 0 Å². The molecule has 0 aromatic heterocycles. The summed E-state index contributed by atoms with van der Waals surface area (Å²) in [4.78, 5) is 12.0. The molecule has 94 valence electrons. The molecule has 0 radical (unpaired) electrons. The molecule has 0 saturated heterocycles. The van der Waals surface area contributed by atoms with Crippen molar-refractivity contribution in [3.05, 3.63) is 35.9 Å². The Morgan fingerprint density at radius 3 is 2.06 bits per heavy atom. The van der Waals surface area contributed by atoms with Crippen LogP contribution in [0, 0.1) is 0 Å². The molecule has 1 rings (SSSR count). The van der Waals surface area contributed by atoms with E-state index < -0.39 is 8.07 Å². The molecule has 0 fully saturated rings. The zero-order chi connectivity index (χ0) is 12.7. The topological polar surface area (TPSA) is 29.1 Å². The third kappa shape index (κ3) is 3.70. The molecule has 3 heteroatoms. The molecule has 1 N–H and O–H groups in total. The summed E-state index contributed by atoms with van der Waals surface area (Å²) in [5, 5.41) is 3.12. The summed E-state index contributed by atoms with van der Waals surface area (Å²) < 4.78 is 0.